The van der Waals surface area contributed by atoms with E-state index in [1.807, 2.05) is 0 Å². The molecule has 1 aliphatic heterocycles. The fraction of sp³-hybridized carbons (Fsp3) is 0.500. The number of likely N-dealkylation sites (N-methyl/N-ethyl adjacent to an activating group) is 1. The minimum atomic E-state index is -4.73. The summed E-state index contributed by atoms with van der Waals surface area (Å²) in [4.78, 5) is 13.6. The smallest absolute Gasteiger partial charge is 0.406 e. The van der Waals surface area contributed by atoms with E-state index in [1.165, 1.54) is 23.1 Å². The predicted octanol–water partition coefficient (Wildman–Crippen LogP) is 1.95. The molecule has 1 N–H and O–H groups in total. The van der Waals surface area contributed by atoms with Crippen molar-refractivity contribution in [3.8, 4) is 5.75 Å². The Hall–Kier alpha value is -1.51. The molecule has 1 amide bonds. The van der Waals surface area contributed by atoms with Gasteiger partial charge in [0.25, 0.3) is 5.91 Å². The standard InChI is InChI=1S/C14H17F3N2O3.ClH/c1-19(13(20)12-8-18-5-6-21-12)9-10-3-2-4-11(7-10)22-14(15,16)17;/h2-4,7,12,18H,5-6,8-9H2,1H3;1H. The van der Waals surface area contributed by atoms with E-state index >= 15 is 0 Å². The highest BCUT2D eigenvalue weighted by atomic mass is 35.5. The number of morpholine rings is 1. The lowest BCUT2D eigenvalue weighted by molar-refractivity contribution is -0.274. The van der Waals surface area contributed by atoms with Crippen LogP contribution in [0.1, 0.15) is 5.56 Å². The SMILES string of the molecule is CN(Cc1cccc(OC(F)(F)F)c1)C(=O)C1CNCCO1.Cl. The highest BCUT2D eigenvalue weighted by Crippen LogP contribution is 2.23. The van der Waals surface area contributed by atoms with Crippen LogP contribution in [0.4, 0.5) is 13.2 Å². The Morgan fingerprint density at radius 1 is 1.48 bits per heavy atom. The van der Waals surface area contributed by atoms with Gasteiger partial charge in [0.1, 0.15) is 11.9 Å². The summed E-state index contributed by atoms with van der Waals surface area (Å²) >= 11 is 0. The van der Waals surface area contributed by atoms with Gasteiger partial charge in [-0.05, 0) is 17.7 Å². The van der Waals surface area contributed by atoms with Crippen molar-refractivity contribution in [2.24, 2.45) is 0 Å². The number of carbonyl (C=O) groups excluding carboxylic acids is 1. The van der Waals surface area contributed by atoms with Gasteiger partial charge in [-0.15, -0.1) is 25.6 Å². The maximum Gasteiger partial charge on any atom is 0.573 e. The van der Waals surface area contributed by atoms with Crippen LogP contribution >= 0.6 is 12.4 Å². The quantitative estimate of drug-likeness (QED) is 0.898. The molecule has 0 aliphatic carbocycles. The van der Waals surface area contributed by atoms with Gasteiger partial charge in [-0.1, -0.05) is 12.1 Å². The summed E-state index contributed by atoms with van der Waals surface area (Å²) in [6, 6.07) is 5.56. The van der Waals surface area contributed by atoms with Gasteiger partial charge in [0.05, 0.1) is 6.61 Å². The van der Waals surface area contributed by atoms with Crippen molar-refractivity contribution >= 4 is 18.3 Å². The lowest BCUT2D eigenvalue weighted by Crippen LogP contribution is -2.48. The number of halogens is 4. The fourth-order valence-electron chi connectivity index (χ4n) is 2.16. The third-order valence-corrected chi connectivity index (χ3v) is 3.13. The molecular weight excluding hydrogens is 337 g/mol. The second-order valence-electron chi connectivity index (χ2n) is 4.95. The van der Waals surface area contributed by atoms with Crippen LogP contribution < -0.4 is 10.1 Å². The van der Waals surface area contributed by atoms with Crippen LogP contribution in [0.5, 0.6) is 5.75 Å². The Morgan fingerprint density at radius 2 is 2.22 bits per heavy atom. The van der Waals surface area contributed by atoms with Crippen molar-refractivity contribution in [1.82, 2.24) is 10.2 Å². The first-order valence-corrected chi connectivity index (χ1v) is 6.77. The van der Waals surface area contributed by atoms with E-state index in [4.69, 9.17) is 4.74 Å². The number of benzene rings is 1. The predicted molar refractivity (Wildman–Crippen MR) is 79.5 cm³/mol. The van der Waals surface area contributed by atoms with Crippen molar-refractivity contribution in [3.63, 3.8) is 0 Å². The van der Waals surface area contributed by atoms with Crippen molar-refractivity contribution in [1.29, 1.82) is 0 Å². The van der Waals surface area contributed by atoms with Gasteiger partial charge in [0, 0.05) is 26.7 Å². The third-order valence-electron chi connectivity index (χ3n) is 3.13. The molecule has 1 aliphatic rings. The molecule has 1 aromatic carbocycles. The Bertz CT molecular complexity index is 522. The number of hydrogen-bond acceptors (Lipinski definition) is 4. The van der Waals surface area contributed by atoms with Crippen LogP contribution in [0.15, 0.2) is 24.3 Å². The van der Waals surface area contributed by atoms with E-state index in [2.05, 4.69) is 10.1 Å². The molecule has 0 aromatic heterocycles. The number of ether oxygens (including phenoxy) is 2. The fourth-order valence-corrected chi connectivity index (χ4v) is 2.16. The Morgan fingerprint density at radius 3 is 2.83 bits per heavy atom. The number of nitrogens with zero attached hydrogens (tertiary/aromatic N) is 1. The Labute approximate surface area is 138 Å². The zero-order valence-corrected chi connectivity index (χ0v) is 13.2. The van der Waals surface area contributed by atoms with Crippen molar-refractivity contribution in [3.05, 3.63) is 29.8 Å². The zero-order valence-electron chi connectivity index (χ0n) is 12.4. The summed E-state index contributed by atoms with van der Waals surface area (Å²) in [5.41, 5.74) is 0.543. The van der Waals surface area contributed by atoms with Gasteiger partial charge >= 0.3 is 6.36 Å². The van der Waals surface area contributed by atoms with Crippen LogP contribution in [0.2, 0.25) is 0 Å². The highest BCUT2D eigenvalue weighted by molar-refractivity contribution is 5.85. The first-order chi connectivity index (χ1) is 10.3. The lowest BCUT2D eigenvalue weighted by Gasteiger charge is -2.27. The van der Waals surface area contributed by atoms with Crippen LogP contribution in [0.3, 0.4) is 0 Å². The number of nitrogens with one attached hydrogen (secondary N) is 1. The monoisotopic (exact) mass is 354 g/mol. The largest absolute Gasteiger partial charge is 0.573 e. The van der Waals surface area contributed by atoms with Crippen LogP contribution in [-0.2, 0) is 16.1 Å². The number of amides is 1. The summed E-state index contributed by atoms with van der Waals surface area (Å²) in [7, 11) is 1.58. The van der Waals surface area contributed by atoms with Crippen molar-refractivity contribution in [2.75, 3.05) is 26.7 Å². The van der Waals surface area contributed by atoms with Gasteiger partial charge in [0.15, 0.2) is 0 Å². The summed E-state index contributed by atoms with van der Waals surface area (Å²) in [6.07, 6.45) is -5.30. The zero-order chi connectivity index (χ0) is 16.2. The summed E-state index contributed by atoms with van der Waals surface area (Å²) in [5.74, 6) is -0.518. The van der Waals surface area contributed by atoms with E-state index < -0.39 is 12.5 Å². The van der Waals surface area contributed by atoms with Gasteiger partial charge < -0.3 is 19.7 Å². The molecule has 0 spiro atoms. The maximum absolute atomic E-state index is 12.2. The van der Waals surface area contributed by atoms with Gasteiger partial charge in [-0.25, -0.2) is 0 Å². The summed E-state index contributed by atoms with van der Waals surface area (Å²) in [6.45, 7) is 1.76. The number of alkyl halides is 3. The van der Waals surface area contributed by atoms with Crippen molar-refractivity contribution in [2.45, 2.75) is 19.0 Å². The minimum Gasteiger partial charge on any atom is -0.406 e. The average molecular weight is 355 g/mol. The molecule has 23 heavy (non-hydrogen) atoms. The van der Waals surface area contributed by atoms with Crippen LogP contribution in [0.25, 0.3) is 0 Å². The Balaban J connectivity index is 0.00000264. The second kappa shape index (κ2) is 8.37. The van der Waals surface area contributed by atoms with E-state index in [-0.39, 0.29) is 30.6 Å². The molecule has 0 saturated carbocycles. The molecule has 2 rings (SSSR count). The third kappa shape index (κ3) is 6.25. The molecule has 5 nitrogen and oxygen atoms in total. The maximum atomic E-state index is 12.2. The molecule has 130 valence electrons. The van der Waals surface area contributed by atoms with E-state index in [9.17, 15) is 18.0 Å². The second-order valence-corrected chi connectivity index (χ2v) is 4.95. The molecule has 1 fully saturated rings. The number of rotatable bonds is 4. The van der Waals surface area contributed by atoms with Crippen molar-refractivity contribution < 1.29 is 27.4 Å². The molecule has 1 saturated heterocycles. The van der Waals surface area contributed by atoms with E-state index in [1.54, 1.807) is 13.1 Å². The van der Waals surface area contributed by atoms with Crippen LogP contribution in [-0.4, -0.2) is 50.0 Å². The topological polar surface area (TPSA) is 50.8 Å². The Kier molecular flexibility index (Phi) is 7.11. The van der Waals surface area contributed by atoms with E-state index in [0.717, 1.165) is 0 Å². The van der Waals surface area contributed by atoms with Crippen LogP contribution in [0, 0.1) is 0 Å². The summed E-state index contributed by atoms with van der Waals surface area (Å²) < 4.78 is 45.8. The first-order valence-electron chi connectivity index (χ1n) is 6.77. The van der Waals surface area contributed by atoms with Gasteiger partial charge in [-0.2, -0.15) is 0 Å². The summed E-state index contributed by atoms with van der Waals surface area (Å²) in [5, 5.41) is 3.05. The molecular formula is C14H18ClF3N2O3. The number of hydrogen-bond donors (Lipinski definition) is 1. The van der Waals surface area contributed by atoms with E-state index in [0.29, 0.717) is 25.3 Å². The molecule has 0 bridgehead atoms. The lowest BCUT2D eigenvalue weighted by atomic mass is 10.2. The van der Waals surface area contributed by atoms with Gasteiger partial charge in [-0.3, -0.25) is 4.79 Å². The van der Waals surface area contributed by atoms with Gasteiger partial charge in [0.2, 0.25) is 0 Å². The molecule has 9 heteroatoms. The molecule has 1 unspecified atom stereocenters. The minimum absolute atomic E-state index is 0. The molecule has 0 radical (unpaired) electrons. The first kappa shape index (κ1) is 19.5. The average Bonchev–Trinajstić information content (AvgIpc) is 2.46. The number of carbonyl (C=O) groups is 1. The molecule has 1 heterocycles. The highest BCUT2D eigenvalue weighted by Gasteiger charge is 2.31. The normalized spacial score (nSPS) is 18.0. The molecule has 1 aromatic rings. The molecule has 1 atom stereocenters.